The second-order valence-electron chi connectivity index (χ2n) is 6.66. The highest BCUT2D eigenvalue weighted by molar-refractivity contribution is 6.35. The summed E-state index contributed by atoms with van der Waals surface area (Å²) in [5, 5.41) is 2.81. The van der Waals surface area contributed by atoms with Gasteiger partial charge in [0.05, 0.1) is 7.11 Å². The molecule has 0 aromatic heterocycles. The lowest BCUT2D eigenvalue weighted by Crippen LogP contribution is -2.50. The van der Waals surface area contributed by atoms with Crippen molar-refractivity contribution in [1.29, 1.82) is 0 Å². The van der Waals surface area contributed by atoms with Crippen molar-refractivity contribution in [3.63, 3.8) is 0 Å². The molecule has 1 rings (SSSR count). The number of nitrogens with zero attached hydrogens (tertiary/aromatic N) is 1. The zero-order valence-corrected chi connectivity index (χ0v) is 15.6. The van der Waals surface area contributed by atoms with Gasteiger partial charge in [-0.25, -0.2) is 0 Å². The Morgan fingerprint density at radius 3 is 2.04 bits per heavy atom. The van der Waals surface area contributed by atoms with Crippen molar-refractivity contribution in [2.24, 2.45) is 0 Å². The highest BCUT2D eigenvalue weighted by atomic mass is 16.5. The fourth-order valence-electron chi connectivity index (χ4n) is 2.72. The summed E-state index contributed by atoms with van der Waals surface area (Å²) >= 11 is 0. The minimum atomic E-state index is -0.528. The molecule has 0 aliphatic carbocycles. The molecular weight excluding hydrogens is 304 g/mol. The zero-order valence-electron chi connectivity index (χ0n) is 15.6. The number of aryl methyl sites for hydroxylation is 1. The average Bonchev–Trinajstić information content (AvgIpc) is 2.52. The van der Waals surface area contributed by atoms with E-state index in [1.165, 1.54) is 5.56 Å². The summed E-state index contributed by atoms with van der Waals surface area (Å²) < 4.78 is 5.14. The predicted molar refractivity (Wildman–Crippen MR) is 96.0 cm³/mol. The van der Waals surface area contributed by atoms with Crippen LogP contribution in [0.25, 0.3) is 0 Å². The minimum absolute atomic E-state index is 0.00199. The lowest BCUT2D eigenvalue weighted by atomic mass is 10.1. The molecule has 0 spiro atoms. The maximum atomic E-state index is 12.3. The Kier molecular flexibility index (Phi) is 7.75. The quantitative estimate of drug-likeness (QED) is 0.780. The van der Waals surface area contributed by atoms with Crippen molar-refractivity contribution in [3.8, 4) is 5.75 Å². The number of nitrogens with one attached hydrogen (secondary N) is 1. The van der Waals surface area contributed by atoms with E-state index >= 15 is 0 Å². The number of carbonyl (C=O) groups is 2. The molecule has 0 aliphatic rings. The second-order valence-corrected chi connectivity index (χ2v) is 6.66. The molecule has 0 saturated heterocycles. The molecule has 1 atom stereocenters. The molecule has 1 aromatic carbocycles. The van der Waals surface area contributed by atoms with Gasteiger partial charge >= 0.3 is 11.8 Å². The standard InChI is InChI=1S/C19H30N2O3/c1-13(2)21(14(3)4)19(23)18(22)20-15(5)7-8-16-9-11-17(24-6)12-10-16/h9-15H,7-8H2,1-6H3,(H,20,22). The van der Waals surface area contributed by atoms with Crippen molar-refractivity contribution in [1.82, 2.24) is 10.2 Å². The highest BCUT2D eigenvalue weighted by Gasteiger charge is 2.26. The van der Waals surface area contributed by atoms with Crippen LogP contribution in [-0.4, -0.2) is 41.9 Å². The highest BCUT2D eigenvalue weighted by Crippen LogP contribution is 2.13. The Bertz CT molecular complexity index is 530. The molecule has 1 aromatic rings. The van der Waals surface area contributed by atoms with Gasteiger partial charge < -0.3 is 15.0 Å². The molecule has 0 saturated carbocycles. The average molecular weight is 334 g/mol. The predicted octanol–water partition coefficient (Wildman–Crippen LogP) is 2.78. The van der Waals surface area contributed by atoms with E-state index in [9.17, 15) is 9.59 Å². The van der Waals surface area contributed by atoms with Gasteiger partial charge in [-0.05, 0) is 65.2 Å². The maximum Gasteiger partial charge on any atom is 0.312 e. The first-order chi connectivity index (χ1) is 11.3. The van der Waals surface area contributed by atoms with Crippen LogP contribution < -0.4 is 10.1 Å². The summed E-state index contributed by atoms with van der Waals surface area (Å²) in [6.07, 6.45) is 1.60. The number of ether oxygens (including phenoxy) is 1. The first-order valence-corrected chi connectivity index (χ1v) is 8.52. The fraction of sp³-hybridized carbons (Fsp3) is 0.579. The van der Waals surface area contributed by atoms with Crippen molar-refractivity contribution < 1.29 is 14.3 Å². The largest absolute Gasteiger partial charge is 0.497 e. The molecule has 0 aliphatic heterocycles. The van der Waals surface area contributed by atoms with E-state index in [1.54, 1.807) is 12.0 Å². The van der Waals surface area contributed by atoms with Crippen LogP contribution in [0.5, 0.6) is 5.75 Å². The Labute approximate surface area is 145 Å². The smallest absolute Gasteiger partial charge is 0.312 e. The molecule has 0 fully saturated rings. The Morgan fingerprint density at radius 2 is 1.58 bits per heavy atom. The van der Waals surface area contributed by atoms with Gasteiger partial charge in [0, 0.05) is 18.1 Å². The van der Waals surface area contributed by atoms with Crippen molar-refractivity contribution in [2.45, 2.75) is 65.6 Å². The van der Waals surface area contributed by atoms with Crippen LogP contribution in [0.1, 0.15) is 46.6 Å². The Morgan fingerprint density at radius 1 is 1.04 bits per heavy atom. The SMILES string of the molecule is COc1ccc(CCC(C)NC(=O)C(=O)N(C(C)C)C(C)C)cc1. The van der Waals surface area contributed by atoms with E-state index < -0.39 is 11.8 Å². The number of benzene rings is 1. The first-order valence-electron chi connectivity index (χ1n) is 8.52. The van der Waals surface area contributed by atoms with Crippen LogP contribution in [0.3, 0.4) is 0 Å². The molecule has 0 radical (unpaired) electrons. The van der Waals surface area contributed by atoms with Gasteiger partial charge in [-0.2, -0.15) is 0 Å². The van der Waals surface area contributed by atoms with Crippen molar-refractivity contribution in [2.75, 3.05) is 7.11 Å². The lowest BCUT2D eigenvalue weighted by molar-refractivity contribution is -0.148. The Hall–Kier alpha value is -2.04. The summed E-state index contributed by atoms with van der Waals surface area (Å²) in [7, 11) is 1.64. The van der Waals surface area contributed by atoms with E-state index in [2.05, 4.69) is 5.32 Å². The normalized spacial score (nSPS) is 12.2. The second kappa shape index (κ2) is 9.30. The van der Waals surface area contributed by atoms with Crippen LogP contribution in [0.15, 0.2) is 24.3 Å². The van der Waals surface area contributed by atoms with Crippen LogP contribution >= 0.6 is 0 Å². The molecule has 1 unspecified atom stereocenters. The van der Waals surface area contributed by atoms with E-state index in [1.807, 2.05) is 58.9 Å². The maximum absolute atomic E-state index is 12.3. The van der Waals surface area contributed by atoms with Gasteiger partial charge in [0.15, 0.2) is 0 Å². The van der Waals surface area contributed by atoms with E-state index in [0.29, 0.717) is 0 Å². The lowest BCUT2D eigenvalue weighted by Gasteiger charge is -2.30. The molecule has 0 bridgehead atoms. The number of carbonyl (C=O) groups excluding carboxylic acids is 2. The minimum Gasteiger partial charge on any atom is -0.497 e. The number of hydrogen-bond acceptors (Lipinski definition) is 3. The molecule has 0 heterocycles. The topological polar surface area (TPSA) is 58.6 Å². The molecule has 5 heteroatoms. The van der Waals surface area contributed by atoms with Gasteiger partial charge in [-0.15, -0.1) is 0 Å². The fourth-order valence-corrected chi connectivity index (χ4v) is 2.72. The summed E-state index contributed by atoms with van der Waals surface area (Å²) in [6.45, 7) is 9.58. The number of hydrogen-bond donors (Lipinski definition) is 1. The Balaban J connectivity index is 2.52. The van der Waals surface area contributed by atoms with E-state index in [0.717, 1.165) is 18.6 Å². The molecule has 1 N–H and O–H groups in total. The zero-order chi connectivity index (χ0) is 18.3. The van der Waals surface area contributed by atoms with Gasteiger partial charge in [0.25, 0.3) is 0 Å². The summed E-state index contributed by atoms with van der Waals surface area (Å²) in [5.74, 6) is -0.163. The van der Waals surface area contributed by atoms with Gasteiger partial charge in [-0.1, -0.05) is 12.1 Å². The van der Waals surface area contributed by atoms with Crippen LogP contribution in [0.4, 0.5) is 0 Å². The number of methoxy groups -OCH3 is 1. The third-order valence-corrected chi connectivity index (χ3v) is 3.94. The summed E-state index contributed by atoms with van der Waals surface area (Å²) in [4.78, 5) is 26.1. The molecule has 5 nitrogen and oxygen atoms in total. The third kappa shape index (κ3) is 5.87. The molecule has 24 heavy (non-hydrogen) atoms. The van der Waals surface area contributed by atoms with Gasteiger partial charge in [-0.3, -0.25) is 9.59 Å². The first kappa shape index (κ1) is 20.0. The monoisotopic (exact) mass is 334 g/mol. The van der Waals surface area contributed by atoms with Crippen LogP contribution in [0.2, 0.25) is 0 Å². The number of amides is 2. The third-order valence-electron chi connectivity index (χ3n) is 3.94. The summed E-state index contributed by atoms with van der Waals surface area (Å²) in [5.41, 5.74) is 1.18. The van der Waals surface area contributed by atoms with Crippen molar-refractivity contribution in [3.05, 3.63) is 29.8 Å². The molecule has 134 valence electrons. The molecular formula is C19H30N2O3. The van der Waals surface area contributed by atoms with Crippen LogP contribution in [-0.2, 0) is 16.0 Å². The summed E-state index contributed by atoms with van der Waals surface area (Å²) in [6, 6.07) is 7.80. The van der Waals surface area contributed by atoms with Gasteiger partial charge in [0.1, 0.15) is 5.75 Å². The number of rotatable bonds is 7. The van der Waals surface area contributed by atoms with Crippen molar-refractivity contribution >= 4 is 11.8 Å². The molecule has 2 amide bonds. The van der Waals surface area contributed by atoms with E-state index in [-0.39, 0.29) is 18.1 Å². The van der Waals surface area contributed by atoms with E-state index in [4.69, 9.17) is 4.74 Å². The van der Waals surface area contributed by atoms with Gasteiger partial charge in [0.2, 0.25) is 0 Å². The van der Waals surface area contributed by atoms with Crippen LogP contribution in [0, 0.1) is 0 Å².